The standard InChI is InChI=1S/C16H20ClN3O2/c1-3-20(16(18)21)10-12-4-7-15(17)13(9-12)5-6-14-8-11(2)22-19-14/h4,7-9H,3,5-6,10H2,1-2H3,(H2,18,21). The van der Waals surface area contributed by atoms with Crippen molar-refractivity contribution in [3.05, 3.63) is 51.9 Å². The minimum atomic E-state index is -0.419. The van der Waals surface area contributed by atoms with Crippen molar-refractivity contribution in [2.24, 2.45) is 5.73 Å². The highest BCUT2D eigenvalue weighted by Crippen LogP contribution is 2.20. The fourth-order valence-electron chi connectivity index (χ4n) is 2.28. The Labute approximate surface area is 135 Å². The molecule has 0 aliphatic rings. The lowest BCUT2D eigenvalue weighted by Gasteiger charge is -2.18. The summed E-state index contributed by atoms with van der Waals surface area (Å²) in [5.74, 6) is 0.801. The van der Waals surface area contributed by atoms with Gasteiger partial charge in [-0.3, -0.25) is 0 Å². The van der Waals surface area contributed by atoms with Gasteiger partial charge in [0, 0.05) is 24.2 Å². The molecule has 5 nitrogen and oxygen atoms in total. The van der Waals surface area contributed by atoms with Gasteiger partial charge in [0.1, 0.15) is 5.76 Å². The number of aryl methyl sites for hydroxylation is 3. The zero-order valence-electron chi connectivity index (χ0n) is 12.8. The van der Waals surface area contributed by atoms with Crippen molar-refractivity contribution >= 4 is 17.6 Å². The Morgan fingerprint density at radius 2 is 2.14 bits per heavy atom. The van der Waals surface area contributed by atoms with E-state index in [9.17, 15) is 4.79 Å². The maximum absolute atomic E-state index is 11.3. The van der Waals surface area contributed by atoms with Crippen LogP contribution in [-0.2, 0) is 19.4 Å². The highest BCUT2D eigenvalue weighted by atomic mass is 35.5. The van der Waals surface area contributed by atoms with E-state index in [4.69, 9.17) is 21.9 Å². The summed E-state index contributed by atoms with van der Waals surface area (Å²) in [6.07, 6.45) is 1.52. The van der Waals surface area contributed by atoms with Gasteiger partial charge in [0.2, 0.25) is 0 Å². The Balaban J connectivity index is 2.07. The number of aromatic nitrogens is 1. The number of amides is 2. The Kier molecular flexibility index (Phi) is 5.44. The molecule has 0 fully saturated rings. The van der Waals surface area contributed by atoms with Gasteiger partial charge in [-0.15, -0.1) is 0 Å². The SMILES string of the molecule is CCN(Cc1ccc(Cl)c(CCc2cc(C)on2)c1)C(N)=O. The first kappa shape index (κ1) is 16.4. The summed E-state index contributed by atoms with van der Waals surface area (Å²) in [6, 6.07) is 7.29. The zero-order valence-corrected chi connectivity index (χ0v) is 13.6. The molecule has 2 N–H and O–H groups in total. The second-order valence-electron chi connectivity index (χ2n) is 5.21. The van der Waals surface area contributed by atoms with E-state index in [1.165, 1.54) is 0 Å². The first-order valence-corrected chi connectivity index (χ1v) is 7.61. The Bertz CT molecular complexity index is 655. The molecule has 0 saturated carbocycles. The lowest BCUT2D eigenvalue weighted by Crippen LogP contribution is -2.34. The van der Waals surface area contributed by atoms with Gasteiger partial charge in [0.05, 0.1) is 5.69 Å². The molecule has 0 unspecified atom stereocenters. The van der Waals surface area contributed by atoms with E-state index >= 15 is 0 Å². The van der Waals surface area contributed by atoms with Crippen molar-refractivity contribution in [1.29, 1.82) is 0 Å². The number of halogens is 1. The van der Waals surface area contributed by atoms with Gasteiger partial charge in [0.25, 0.3) is 0 Å². The zero-order chi connectivity index (χ0) is 16.1. The number of nitrogens with zero attached hydrogens (tertiary/aromatic N) is 2. The molecular formula is C16H20ClN3O2. The van der Waals surface area contributed by atoms with Gasteiger partial charge in [-0.1, -0.05) is 28.9 Å². The van der Waals surface area contributed by atoms with E-state index in [1.807, 2.05) is 38.1 Å². The molecule has 2 rings (SSSR count). The van der Waals surface area contributed by atoms with E-state index in [-0.39, 0.29) is 0 Å². The molecular weight excluding hydrogens is 302 g/mol. The van der Waals surface area contributed by atoms with Crippen LogP contribution in [0.4, 0.5) is 4.79 Å². The first-order valence-electron chi connectivity index (χ1n) is 7.23. The average Bonchev–Trinajstić information content (AvgIpc) is 2.90. The number of carbonyl (C=O) groups is 1. The lowest BCUT2D eigenvalue weighted by molar-refractivity contribution is 0.208. The number of hydrogen-bond donors (Lipinski definition) is 1. The van der Waals surface area contributed by atoms with Crippen LogP contribution < -0.4 is 5.73 Å². The largest absolute Gasteiger partial charge is 0.361 e. The fraction of sp³-hybridized carbons (Fsp3) is 0.375. The quantitative estimate of drug-likeness (QED) is 0.887. The van der Waals surface area contributed by atoms with Crippen LogP contribution in [-0.4, -0.2) is 22.6 Å². The van der Waals surface area contributed by atoms with E-state index in [1.54, 1.807) is 4.90 Å². The van der Waals surface area contributed by atoms with E-state index < -0.39 is 6.03 Å². The molecule has 6 heteroatoms. The van der Waals surface area contributed by atoms with Gasteiger partial charge in [-0.2, -0.15) is 0 Å². The molecule has 1 aromatic carbocycles. The topological polar surface area (TPSA) is 72.4 Å². The van der Waals surface area contributed by atoms with Crippen LogP contribution in [0.25, 0.3) is 0 Å². The first-order chi connectivity index (χ1) is 10.5. The van der Waals surface area contributed by atoms with Gasteiger partial charge >= 0.3 is 6.03 Å². The van der Waals surface area contributed by atoms with Gasteiger partial charge in [-0.05, 0) is 43.9 Å². The van der Waals surface area contributed by atoms with E-state index in [2.05, 4.69) is 5.16 Å². The van der Waals surface area contributed by atoms with Gasteiger partial charge < -0.3 is 15.2 Å². The number of hydrogen-bond acceptors (Lipinski definition) is 3. The molecule has 0 aliphatic carbocycles. The summed E-state index contributed by atoms with van der Waals surface area (Å²) < 4.78 is 5.06. The van der Waals surface area contributed by atoms with Crippen molar-refractivity contribution in [2.75, 3.05) is 6.54 Å². The van der Waals surface area contributed by atoms with Crippen molar-refractivity contribution in [3.8, 4) is 0 Å². The summed E-state index contributed by atoms with van der Waals surface area (Å²) in [5.41, 5.74) is 8.29. The van der Waals surface area contributed by atoms with Gasteiger partial charge in [-0.25, -0.2) is 4.79 Å². The summed E-state index contributed by atoms with van der Waals surface area (Å²) >= 11 is 6.25. The third-order valence-electron chi connectivity index (χ3n) is 3.50. The van der Waals surface area contributed by atoms with Crippen LogP contribution in [0.3, 0.4) is 0 Å². The molecule has 0 aliphatic heterocycles. The van der Waals surface area contributed by atoms with Crippen LogP contribution in [0.15, 0.2) is 28.8 Å². The molecule has 2 amide bonds. The normalized spacial score (nSPS) is 10.7. The summed E-state index contributed by atoms with van der Waals surface area (Å²) in [5, 5.41) is 4.69. The monoisotopic (exact) mass is 321 g/mol. The second-order valence-corrected chi connectivity index (χ2v) is 5.61. The van der Waals surface area contributed by atoms with Crippen LogP contribution in [0.1, 0.15) is 29.5 Å². The number of rotatable bonds is 6. The number of nitrogens with two attached hydrogens (primary N) is 1. The molecule has 118 valence electrons. The highest BCUT2D eigenvalue weighted by molar-refractivity contribution is 6.31. The minimum absolute atomic E-state index is 0.419. The minimum Gasteiger partial charge on any atom is -0.361 e. The molecule has 0 radical (unpaired) electrons. The highest BCUT2D eigenvalue weighted by Gasteiger charge is 2.10. The molecule has 0 spiro atoms. The Hall–Kier alpha value is -2.01. The predicted molar refractivity (Wildman–Crippen MR) is 85.8 cm³/mol. The van der Waals surface area contributed by atoms with Crippen LogP contribution in [0.5, 0.6) is 0 Å². The van der Waals surface area contributed by atoms with Crippen molar-refractivity contribution in [2.45, 2.75) is 33.2 Å². The molecule has 22 heavy (non-hydrogen) atoms. The summed E-state index contributed by atoms with van der Waals surface area (Å²) in [6.45, 7) is 4.83. The molecule has 1 aromatic heterocycles. The van der Waals surface area contributed by atoms with Crippen molar-refractivity contribution in [3.63, 3.8) is 0 Å². The summed E-state index contributed by atoms with van der Waals surface area (Å²) in [4.78, 5) is 12.9. The molecule has 0 bridgehead atoms. The maximum Gasteiger partial charge on any atom is 0.315 e. The molecule has 2 aromatic rings. The van der Waals surface area contributed by atoms with E-state index in [0.717, 1.165) is 35.4 Å². The number of carbonyl (C=O) groups excluding carboxylic acids is 1. The average molecular weight is 322 g/mol. The third kappa shape index (κ3) is 4.24. The fourth-order valence-corrected chi connectivity index (χ4v) is 2.49. The smallest absolute Gasteiger partial charge is 0.315 e. The number of benzene rings is 1. The Morgan fingerprint density at radius 3 is 2.73 bits per heavy atom. The second kappa shape index (κ2) is 7.31. The lowest BCUT2D eigenvalue weighted by atomic mass is 10.0. The molecule has 0 saturated heterocycles. The van der Waals surface area contributed by atoms with Gasteiger partial charge in [0.15, 0.2) is 0 Å². The number of primary amides is 1. The van der Waals surface area contributed by atoms with Crippen molar-refractivity contribution < 1.29 is 9.32 Å². The van der Waals surface area contributed by atoms with Crippen molar-refractivity contribution in [1.82, 2.24) is 10.1 Å². The Morgan fingerprint density at radius 1 is 1.36 bits per heavy atom. The van der Waals surface area contributed by atoms with E-state index in [0.29, 0.717) is 18.1 Å². The van der Waals surface area contributed by atoms with Crippen LogP contribution in [0, 0.1) is 6.92 Å². The van der Waals surface area contributed by atoms with Crippen LogP contribution >= 0.6 is 11.6 Å². The molecule has 1 heterocycles. The van der Waals surface area contributed by atoms with Crippen LogP contribution in [0.2, 0.25) is 5.02 Å². The molecule has 0 atom stereocenters. The number of urea groups is 1. The summed E-state index contributed by atoms with van der Waals surface area (Å²) in [7, 11) is 0. The third-order valence-corrected chi connectivity index (χ3v) is 3.87. The maximum atomic E-state index is 11.3. The predicted octanol–water partition coefficient (Wildman–Crippen LogP) is 3.32.